The maximum Gasteiger partial charge on any atom is 0.135 e. The van der Waals surface area contributed by atoms with Gasteiger partial charge in [-0.25, -0.2) is 9.98 Å². The van der Waals surface area contributed by atoms with Gasteiger partial charge in [0.05, 0.1) is 0 Å². The Labute approximate surface area is 77.5 Å². The van der Waals surface area contributed by atoms with Crippen molar-refractivity contribution in [3.63, 3.8) is 0 Å². The van der Waals surface area contributed by atoms with Crippen molar-refractivity contribution in [2.75, 3.05) is 0 Å². The van der Waals surface area contributed by atoms with E-state index in [0.717, 1.165) is 25.1 Å². The lowest BCUT2D eigenvalue weighted by Crippen LogP contribution is -2.32. The number of fused-ring (bicyclic) bond motifs is 1. The molecule has 2 heterocycles. The average molecular weight is 178 g/mol. The van der Waals surface area contributed by atoms with Crippen molar-refractivity contribution in [3.8, 4) is 0 Å². The molecule has 4 nitrogen and oxygen atoms in total. The Bertz CT molecular complexity index is 303. The molecule has 0 saturated carbocycles. The molecule has 0 aromatic rings. The summed E-state index contributed by atoms with van der Waals surface area (Å²) in [6.07, 6.45) is 2.93. The lowest BCUT2D eigenvalue weighted by Gasteiger charge is -2.27. The second-order valence-corrected chi connectivity index (χ2v) is 3.83. The molecule has 2 aliphatic rings. The van der Waals surface area contributed by atoms with Crippen LogP contribution in [0.2, 0.25) is 0 Å². The Morgan fingerprint density at radius 3 is 3.00 bits per heavy atom. The molecule has 2 rings (SSSR count). The SMILES string of the molecule is CC1CC2CCC(N)=NC2=NC1=N. The van der Waals surface area contributed by atoms with Crippen LogP contribution < -0.4 is 5.73 Å². The van der Waals surface area contributed by atoms with E-state index in [2.05, 4.69) is 9.98 Å². The van der Waals surface area contributed by atoms with E-state index in [1.807, 2.05) is 6.92 Å². The molecule has 0 radical (unpaired) electrons. The van der Waals surface area contributed by atoms with Crippen LogP contribution in [0.15, 0.2) is 9.98 Å². The fourth-order valence-corrected chi connectivity index (χ4v) is 1.86. The largest absolute Gasteiger partial charge is 0.387 e. The van der Waals surface area contributed by atoms with Crippen LogP contribution >= 0.6 is 0 Å². The van der Waals surface area contributed by atoms with Crippen LogP contribution in [0.1, 0.15) is 26.2 Å². The minimum atomic E-state index is 0.281. The van der Waals surface area contributed by atoms with Gasteiger partial charge in [0, 0.05) is 18.3 Å². The number of nitrogens with one attached hydrogen (secondary N) is 1. The van der Waals surface area contributed by atoms with Crippen LogP contribution in [0.25, 0.3) is 0 Å². The van der Waals surface area contributed by atoms with Gasteiger partial charge in [-0.05, 0) is 12.8 Å². The maximum absolute atomic E-state index is 7.59. The summed E-state index contributed by atoms with van der Waals surface area (Å²) in [5.41, 5.74) is 5.62. The molecule has 3 N–H and O–H groups in total. The van der Waals surface area contributed by atoms with Crippen LogP contribution in [0.3, 0.4) is 0 Å². The topological polar surface area (TPSA) is 74.6 Å². The van der Waals surface area contributed by atoms with E-state index in [4.69, 9.17) is 11.1 Å². The van der Waals surface area contributed by atoms with Gasteiger partial charge in [0.15, 0.2) is 0 Å². The maximum atomic E-state index is 7.59. The molecular weight excluding hydrogens is 164 g/mol. The molecule has 0 aliphatic carbocycles. The average Bonchev–Trinajstić information content (AvgIpc) is 2.08. The molecule has 13 heavy (non-hydrogen) atoms. The third-order valence-corrected chi connectivity index (χ3v) is 2.71. The van der Waals surface area contributed by atoms with Crippen molar-refractivity contribution >= 4 is 17.5 Å². The zero-order valence-corrected chi connectivity index (χ0v) is 7.75. The first-order valence-electron chi connectivity index (χ1n) is 4.67. The van der Waals surface area contributed by atoms with Crippen molar-refractivity contribution in [2.45, 2.75) is 26.2 Å². The van der Waals surface area contributed by atoms with Crippen molar-refractivity contribution in [1.82, 2.24) is 0 Å². The highest BCUT2D eigenvalue weighted by molar-refractivity contribution is 6.06. The van der Waals surface area contributed by atoms with E-state index in [1.165, 1.54) is 0 Å². The van der Waals surface area contributed by atoms with Gasteiger partial charge in [0.1, 0.15) is 17.5 Å². The standard InChI is InChI=1S/C9H14N4/c1-5-4-6-2-3-7(10)12-9(6)13-8(5)11/h5-6H,2-4H2,1H3,(H3,10,11,12,13). The van der Waals surface area contributed by atoms with E-state index in [0.29, 0.717) is 17.6 Å². The minimum Gasteiger partial charge on any atom is -0.387 e. The molecule has 0 bridgehead atoms. The predicted molar refractivity (Wildman–Crippen MR) is 53.3 cm³/mol. The minimum absolute atomic E-state index is 0.281. The fraction of sp³-hybridized carbons (Fsp3) is 0.667. The number of nitrogens with zero attached hydrogens (tertiary/aromatic N) is 2. The van der Waals surface area contributed by atoms with Crippen LogP contribution in [-0.4, -0.2) is 17.5 Å². The molecule has 0 fully saturated rings. The third-order valence-electron chi connectivity index (χ3n) is 2.71. The lowest BCUT2D eigenvalue weighted by atomic mass is 9.86. The molecule has 0 saturated heterocycles. The number of hydrogen-bond donors (Lipinski definition) is 2. The zero-order chi connectivity index (χ0) is 9.42. The van der Waals surface area contributed by atoms with Crippen molar-refractivity contribution < 1.29 is 0 Å². The fourth-order valence-electron chi connectivity index (χ4n) is 1.86. The smallest absolute Gasteiger partial charge is 0.135 e. The Morgan fingerprint density at radius 2 is 2.23 bits per heavy atom. The summed E-state index contributed by atoms with van der Waals surface area (Å²) in [4.78, 5) is 8.36. The summed E-state index contributed by atoms with van der Waals surface area (Å²) in [6, 6.07) is 0. The number of rotatable bonds is 0. The molecule has 2 atom stereocenters. The number of amidine groups is 3. The van der Waals surface area contributed by atoms with Gasteiger partial charge in [0.2, 0.25) is 0 Å². The van der Waals surface area contributed by atoms with Gasteiger partial charge >= 0.3 is 0 Å². The van der Waals surface area contributed by atoms with E-state index >= 15 is 0 Å². The van der Waals surface area contributed by atoms with Crippen LogP contribution in [0.5, 0.6) is 0 Å². The van der Waals surface area contributed by atoms with Gasteiger partial charge < -0.3 is 5.73 Å². The van der Waals surface area contributed by atoms with Gasteiger partial charge in [-0.1, -0.05) is 6.92 Å². The highest BCUT2D eigenvalue weighted by Crippen LogP contribution is 2.28. The Hall–Kier alpha value is -1.19. The summed E-state index contributed by atoms with van der Waals surface area (Å²) in [6.45, 7) is 2.05. The van der Waals surface area contributed by atoms with Crippen molar-refractivity contribution in [3.05, 3.63) is 0 Å². The third kappa shape index (κ3) is 1.48. The first-order chi connectivity index (χ1) is 6.16. The van der Waals surface area contributed by atoms with Crippen LogP contribution in [0.4, 0.5) is 0 Å². The second kappa shape index (κ2) is 2.94. The predicted octanol–water partition coefficient (Wildman–Crippen LogP) is 1.17. The van der Waals surface area contributed by atoms with E-state index < -0.39 is 0 Å². The molecule has 2 aliphatic heterocycles. The zero-order valence-electron chi connectivity index (χ0n) is 7.75. The summed E-state index contributed by atoms with van der Waals surface area (Å²) < 4.78 is 0. The number of hydrogen-bond acceptors (Lipinski definition) is 3. The highest BCUT2D eigenvalue weighted by Gasteiger charge is 2.29. The molecule has 0 amide bonds. The van der Waals surface area contributed by atoms with Crippen molar-refractivity contribution in [1.29, 1.82) is 5.41 Å². The first kappa shape index (κ1) is 8.41. The Kier molecular flexibility index (Phi) is 1.90. The Balaban J connectivity index is 2.31. The normalized spacial score (nSPS) is 33.5. The quantitative estimate of drug-likeness (QED) is 0.574. The van der Waals surface area contributed by atoms with Gasteiger partial charge in [-0.2, -0.15) is 0 Å². The molecule has 0 aromatic carbocycles. The number of aliphatic imine (C=N–C) groups is 2. The van der Waals surface area contributed by atoms with Crippen LogP contribution in [-0.2, 0) is 0 Å². The monoisotopic (exact) mass is 178 g/mol. The van der Waals surface area contributed by atoms with Crippen molar-refractivity contribution in [2.24, 2.45) is 27.6 Å². The van der Waals surface area contributed by atoms with Gasteiger partial charge in [0.25, 0.3) is 0 Å². The summed E-state index contributed by atoms with van der Waals surface area (Å²) in [5.74, 6) is 2.62. The Morgan fingerprint density at radius 1 is 1.46 bits per heavy atom. The van der Waals surface area contributed by atoms with Gasteiger partial charge in [-0.3, -0.25) is 5.41 Å². The van der Waals surface area contributed by atoms with E-state index in [-0.39, 0.29) is 5.92 Å². The van der Waals surface area contributed by atoms with Crippen LogP contribution in [0, 0.1) is 17.2 Å². The first-order valence-corrected chi connectivity index (χ1v) is 4.67. The molecule has 2 unspecified atom stereocenters. The highest BCUT2D eigenvalue weighted by atomic mass is 15.0. The molecule has 4 heteroatoms. The van der Waals surface area contributed by atoms with E-state index in [9.17, 15) is 0 Å². The molecule has 0 aromatic heterocycles. The lowest BCUT2D eigenvalue weighted by molar-refractivity contribution is 0.503. The summed E-state index contributed by atoms with van der Waals surface area (Å²) in [7, 11) is 0. The van der Waals surface area contributed by atoms with Gasteiger partial charge in [-0.15, -0.1) is 0 Å². The second-order valence-electron chi connectivity index (χ2n) is 3.83. The summed E-state index contributed by atoms with van der Waals surface area (Å²) >= 11 is 0. The van der Waals surface area contributed by atoms with E-state index in [1.54, 1.807) is 0 Å². The molecular formula is C9H14N4. The molecule has 70 valence electrons. The number of nitrogens with two attached hydrogens (primary N) is 1. The molecule has 0 spiro atoms. The summed E-state index contributed by atoms with van der Waals surface area (Å²) in [5, 5.41) is 7.59.